The highest BCUT2D eigenvalue weighted by Gasteiger charge is 2.38. The first kappa shape index (κ1) is 24.6. The number of hydrogen-bond donors (Lipinski definition) is 1. The lowest BCUT2D eigenvalue weighted by atomic mass is 9.62. The van der Waals surface area contributed by atoms with E-state index in [1.807, 2.05) is 36.4 Å². The average molecular weight is 470 g/mol. The van der Waals surface area contributed by atoms with Crippen molar-refractivity contribution in [3.05, 3.63) is 89.0 Å². The number of carbonyl (C=O) groups excluding carboxylic acids is 1. The lowest BCUT2D eigenvalue weighted by Crippen LogP contribution is -2.33. The van der Waals surface area contributed by atoms with Gasteiger partial charge in [-0.3, -0.25) is 4.79 Å². The van der Waals surface area contributed by atoms with Gasteiger partial charge in [-0.05, 0) is 76.3 Å². The Bertz CT molecular complexity index is 1260. The predicted molar refractivity (Wildman–Crippen MR) is 143 cm³/mol. The molecule has 0 saturated heterocycles. The van der Waals surface area contributed by atoms with Gasteiger partial charge in [0.2, 0.25) is 5.91 Å². The molecule has 0 saturated carbocycles. The van der Waals surface area contributed by atoms with Crippen LogP contribution >= 0.6 is 0 Å². The van der Waals surface area contributed by atoms with E-state index < -0.39 is 5.91 Å². The minimum atomic E-state index is -0.480. The number of methoxy groups -OCH3 is 1. The lowest BCUT2D eigenvalue weighted by Gasteiger charge is -2.42. The standard InChI is InChI=1S/C31H35NO3/c1-30(2)15-16-31(3,4)26-19-28(35-20-22-9-7-6-8-10-22)24(18-25(26)30)23-17-21(12-14-29(32)33)11-13-27(23)34-5/h6-14,17-19H,15-16,20H2,1-5H3,(H2,32,33). The summed E-state index contributed by atoms with van der Waals surface area (Å²) < 4.78 is 12.3. The quantitative estimate of drug-likeness (QED) is 0.388. The molecule has 0 fully saturated rings. The molecule has 4 nitrogen and oxygen atoms in total. The number of ether oxygens (including phenoxy) is 2. The molecule has 2 N–H and O–H groups in total. The van der Waals surface area contributed by atoms with E-state index in [4.69, 9.17) is 15.2 Å². The number of rotatable bonds is 7. The van der Waals surface area contributed by atoms with Crippen LogP contribution in [0.4, 0.5) is 0 Å². The molecule has 0 spiro atoms. The van der Waals surface area contributed by atoms with Crippen LogP contribution in [-0.2, 0) is 22.2 Å². The van der Waals surface area contributed by atoms with E-state index in [-0.39, 0.29) is 10.8 Å². The monoisotopic (exact) mass is 469 g/mol. The maximum atomic E-state index is 11.3. The van der Waals surface area contributed by atoms with Crippen LogP contribution in [0.3, 0.4) is 0 Å². The molecule has 0 heterocycles. The smallest absolute Gasteiger partial charge is 0.241 e. The molecule has 0 aromatic heterocycles. The highest BCUT2D eigenvalue weighted by molar-refractivity contribution is 5.91. The zero-order valence-corrected chi connectivity index (χ0v) is 21.4. The molecule has 0 atom stereocenters. The van der Waals surface area contributed by atoms with Crippen LogP contribution in [0, 0.1) is 0 Å². The van der Waals surface area contributed by atoms with E-state index in [0.717, 1.165) is 46.6 Å². The summed E-state index contributed by atoms with van der Waals surface area (Å²) in [4.78, 5) is 11.3. The zero-order chi connectivity index (χ0) is 25.2. The average Bonchev–Trinajstić information content (AvgIpc) is 2.84. The lowest BCUT2D eigenvalue weighted by molar-refractivity contribution is -0.113. The van der Waals surface area contributed by atoms with Crippen molar-refractivity contribution in [1.82, 2.24) is 0 Å². The van der Waals surface area contributed by atoms with E-state index in [9.17, 15) is 4.79 Å². The summed E-state index contributed by atoms with van der Waals surface area (Å²) in [6, 6.07) is 20.6. The molecule has 0 unspecified atom stereocenters. The van der Waals surface area contributed by atoms with E-state index in [0.29, 0.717) is 6.61 Å². The fourth-order valence-corrected chi connectivity index (χ4v) is 4.88. The number of fused-ring (bicyclic) bond motifs is 1. The van der Waals surface area contributed by atoms with Crippen LogP contribution in [0.5, 0.6) is 11.5 Å². The largest absolute Gasteiger partial charge is 0.496 e. The first-order chi connectivity index (χ1) is 16.6. The molecule has 0 aliphatic heterocycles. The fourth-order valence-electron chi connectivity index (χ4n) is 4.88. The van der Waals surface area contributed by atoms with E-state index in [1.54, 1.807) is 13.2 Å². The van der Waals surface area contributed by atoms with Crippen LogP contribution in [0.2, 0.25) is 0 Å². The molecule has 35 heavy (non-hydrogen) atoms. The molecule has 0 radical (unpaired) electrons. The van der Waals surface area contributed by atoms with Crippen molar-refractivity contribution in [2.24, 2.45) is 5.73 Å². The maximum absolute atomic E-state index is 11.3. The number of amides is 1. The normalized spacial score (nSPS) is 16.0. The Morgan fingerprint density at radius 3 is 2.14 bits per heavy atom. The zero-order valence-electron chi connectivity index (χ0n) is 21.4. The van der Waals surface area contributed by atoms with Crippen LogP contribution in [0.1, 0.15) is 62.8 Å². The Hall–Kier alpha value is -3.53. The molecule has 1 aliphatic carbocycles. The SMILES string of the molecule is COc1ccc(C=CC(N)=O)cc1-c1cc2c(cc1OCc1ccccc1)C(C)(C)CCC2(C)C. The highest BCUT2D eigenvalue weighted by atomic mass is 16.5. The van der Waals surface area contributed by atoms with E-state index in [2.05, 4.69) is 52.0 Å². The van der Waals surface area contributed by atoms with Crippen molar-refractivity contribution in [1.29, 1.82) is 0 Å². The Morgan fingerprint density at radius 2 is 1.51 bits per heavy atom. The topological polar surface area (TPSA) is 61.5 Å². The van der Waals surface area contributed by atoms with Crippen molar-refractivity contribution >= 4 is 12.0 Å². The molecule has 3 aromatic rings. The molecular weight excluding hydrogens is 434 g/mol. The molecule has 182 valence electrons. The summed E-state index contributed by atoms with van der Waals surface area (Å²) in [5, 5.41) is 0. The third-order valence-electron chi connectivity index (χ3n) is 7.14. The summed E-state index contributed by atoms with van der Waals surface area (Å²) in [5.74, 6) is 1.10. The highest BCUT2D eigenvalue weighted by Crippen LogP contribution is 2.50. The Morgan fingerprint density at radius 1 is 0.886 bits per heavy atom. The van der Waals surface area contributed by atoms with Gasteiger partial charge in [-0.1, -0.05) is 64.1 Å². The van der Waals surface area contributed by atoms with Crippen LogP contribution in [-0.4, -0.2) is 13.0 Å². The van der Waals surface area contributed by atoms with Crippen molar-refractivity contribution < 1.29 is 14.3 Å². The van der Waals surface area contributed by atoms with Gasteiger partial charge in [-0.2, -0.15) is 0 Å². The van der Waals surface area contributed by atoms with Gasteiger partial charge in [-0.25, -0.2) is 0 Å². The van der Waals surface area contributed by atoms with E-state index in [1.165, 1.54) is 17.2 Å². The third kappa shape index (κ3) is 5.27. The van der Waals surface area contributed by atoms with Gasteiger partial charge in [0.05, 0.1) is 7.11 Å². The van der Waals surface area contributed by atoms with Crippen molar-refractivity contribution in [3.63, 3.8) is 0 Å². The minimum absolute atomic E-state index is 0.0499. The first-order valence-electron chi connectivity index (χ1n) is 12.1. The van der Waals surface area contributed by atoms with E-state index >= 15 is 0 Å². The van der Waals surface area contributed by atoms with Gasteiger partial charge < -0.3 is 15.2 Å². The second-order valence-corrected chi connectivity index (χ2v) is 10.6. The minimum Gasteiger partial charge on any atom is -0.496 e. The van der Waals surface area contributed by atoms with Crippen LogP contribution in [0.25, 0.3) is 17.2 Å². The summed E-state index contributed by atoms with van der Waals surface area (Å²) in [6.07, 6.45) is 5.34. The van der Waals surface area contributed by atoms with Gasteiger partial charge in [0.15, 0.2) is 0 Å². The molecule has 1 aliphatic rings. The van der Waals surface area contributed by atoms with Crippen LogP contribution in [0.15, 0.2) is 66.7 Å². The maximum Gasteiger partial charge on any atom is 0.241 e. The number of nitrogens with two attached hydrogens (primary N) is 1. The van der Waals surface area contributed by atoms with Gasteiger partial charge in [0.1, 0.15) is 18.1 Å². The molecule has 4 heteroatoms. The van der Waals surface area contributed by atoms with Crippen molar-refractivity contribution in [2.75, 3.05) is 7.11 Å². The molecule has 3 aromatic carbocycles. The Labute approximate surface area is 208 Å². The Kier molecular flexibility index (Phi) is 6.75. The summed E-state index contributed by atoms with van der Waals surface area (Å²) in [6.45, 7) is 9.74. The summed E-state index contributed by atoms with van der Waals surface area (Å²) in [7, 11) is 1.67. The molecule has 1 amide bonds. The second kappa shape index (κ2) is 9.61. The fraction of sp³-hybridized carbons (Fsp3) is 0.323. The van der Waals surface area contributed by atoms with Gasteiger partial charge >= 0.3 is 0 Å². The summed E-state index contributed by atoms with van der Waals surface area (Å²) >= 11 is 0. The summed E-state index contributed by atoms with van der Waals surface area (Å²) in [5.41, 5.74) is 12.0. The van der Waals surface area contributed by atoms with Gasteiger partial charge in [-0.15, -0.1) is 0 Å². The van der Waals surface area contributed by atoms with Crippen molar-refractivity contribution in [2.45, 2.75) is 58.0 Å². The van der Waals surface area contributed by atoms with Crippen LogP contribution < -0.4 is 15.2 Å². The van der Waals surface area contributed by atoms with Gasteiger partial charge in [0, 0.05) is 17.2 Å². The predicted octanol–water partition coefficient (Wildman–Crippen LogP) is 6.79. The number of carbonyl (C=O) groups is 1. The number of hydrogen-bond acceptors (Lipinski definition) is 3. The first-order valence-corrected chi connectivity index (χ1v) is 12.1. The van der Waals surface area contributed by atoms with Gasteiger partial charge in [0.25, 0.3) is 0 Å². The molecular formula is C31H35NO3. The Balaban J connectivity index is 1.91. The second-order valence-electron chi connectivity index (χ2n) is 10.6. The molecule has 4 rings (SSSR count). The number of benzene rings is 3. The third-order valence-corrected chi connectivity index (χ3v) is 7.14. The molecule has 0 bridgehead atoms. The number of primary amides is 1. The van der Waals surface area contributed by atoms with Crippen molar-refractivity contribution in [3.8, 4) is 22.6 Å².